The summed E-state index contributed by atoms with van der Waals surface area (Å²) in [6, 6.07) is 11.2. The zero-order chi connectivity index (χ0) is 15.9. The molecule has 118 valence electrons. The van der Waals surface area contributed by atoms with Gasteiger partial charge in [0, 0.05) is 24.2 Å². The number of aliphatic hydroxyl groups excluding tert-OH is 1. The fourth-order valence-electron chi connectivity index (χ4n) is 2.32. The van der Waals surface area contributed by atoms with E-state index in [0.717, 1.165) is 23.4 Å². The molecular formula is C17H22N2O3. The molecule has 0 atom stereocenters. The molecule has 22 heavy (non-hydrogen) atoms. The standard InChI is InChI=1S/C17H22N2O3/c1-2-10-22-15-5-3-4-13(11-15)16-7-6-14(12-18)17(21)19(16)8-9-20/h3-7,11,20H,2,8-10,12,18H2,1H3. The third-order valence-corrected chi connectivity index (χ3v) is 3.40. The van der Waals surface area contributed by atoms with E-state index in [4.69, 9.17) is 10.5 Å². The largest absolute Gasteiger partial charge is 0.494 e. The van der Waals surface area contributed by atoms with Gasteiger partial charge in [0.2, 0.25) is 0 Å². The summed E-state index contributed by atoms with van der Waals surface area (Å²) in [6.45, 7) is 3.02. The Labute approximate surface area is 130 Å². The van der Waals surface area contributed by atoms with Crippen molar-refractivity contribution >= 4 is 0 Å². The zero-order valence-electron chi connectivity index (χ0n) is 12.8. The third kappa shape index (κ3) is 3.55. The number of nitrogens with zero attached hydrogens (tertiary/aromatic N) is 1. The van der Waals surface area contributed by atoms with Crippen molar-refractivity contribution in [1.29, 1.82) is 0 Å². The van der Waals surface area contributed by atoms with Crippen molar-refractivity contribution in [2.45, 2.75) is 26.4 Å². The van der Waals surface area contributed by atoms with E-state index in [9.17, 15) is 9.90 Å². The van der Waals surface area contributed by atoms with Gasteiger partial charge < -0.3 is 20.1 Å². The van der Waals surface area contributed by atoms with Gasteiger partial charge in [-0.25, -0.2) is 0 Å². The Balaban J connectivity index is 2.47. The van der Waals surface area contributed by atoms with Gasteiger partial charge in [-0.2, -0.15) is 0 Å². The lowest BCUT2D eigenvalue weighted by atomic mass is 10.1. The summed E-state index contributed by atoms with van der Waals surface area (Å²) < 4.78 is 7.19. The maximum Gasteiger partial charge on any atom is 0.255 e. The fraction of sp³-hybridized carbons (Fsp3) is 0.353. The number of aromatic nitrogens is 1. The lowest BCUT2D eigenvalue weighted by Gasteiger charge is -2.14. The molecule has 0 aliphatic heterocycles. The Bertz CT molecular complexity index is 680. The van der Waals surface area contributed by atoms with Gasteiger partial charge in [0.25, 0.3) is 5.56 Å². The summed E-state index contributed by atoms with van der Waals surface area (Å²) >= 11 is 0. The Morgan fingerprint density at radius 2 is 2.09 bits per heavy atom. The maximum atomic E-state index is 12.4. The van der Waals surface area contributed by atoms with Crippen LogP contribution in [0.3, 0.4) is 0 Å². The van der Waals surface area contributed by atoms with Crippen LogP contribution < -0.4 is 16.0 Å². The van der Waals surface area contributed by atoms with Gasteiger partial charge >= 0.3 is 0 Å². The molecule has 2 rings (SSSR count). The highest BCUT2D eigenvalue weighted by Crippen LogP contribution is 2.23. The molecule has 0 radical (unpaired) electrons. The number of benzene rings is 1. The number of pyridine rings is 1. The van der Waals surface area contributed by atoms with Crippen molar-refractivity contribution in [3.05, 3.63) is 52.3 Å². The van der Waals surface area contributed by atoms with Crippen LogP contribution in [0.2, 0.25) is 0 Å². The van der Waals surface area contributed by atoms with Gasteiger partial charge in [-0.3, -0.25) is 4.79 Å². The number of hydrogen-bond acceptors (Lipinski definition) is 4. The molecule has 1 heterocycles. The average molecular weight is 302 g/mol. The first-order valence-electron chi connectivity index (χ1n) is 7.48. The molecule has 0 aliphatic carbocycles. The number of ether oxygens (including phenoxy) is 1. The topological polar surface area (TPSA) is 77.5 Å². The number of hydrogen-bond donors (Lipinski definition) is 2. The van der Waals surface area contributed by atoms with Gasteiger partial charge in [0.05, 0.1) is 18.9 Å². The van der Waals surface area contributed by atoms with E-state index in [-0.39, 0.29) is 25.3 Å². The summed E-state index contributed by atoms with van der Waals surface area (Å²) in [5.74, 6) is 0.769. The second kappa shape index (κ2) is 7.77. The molecule has 0 aliphatic rings. The normalized spacial score (nSPS) is 10.7. The third-order valence-electron chi connectivity index (χ3n) is 3.40. The molecule has 0 fully saturated rings. The van der Waals surface area contributed by atoms with Crippen molar-refractivity contribution in [1.82, 2.24) is 4.57 Å². The van der Waals surface area contributed by atoms with Crippen LogP contribution in [0.5, 0.6) is 5.75 Å². The summed E-state index contributed by atoms with van der Waals surface area (Å²) in [6.07, 6.45) is 0.935. The van der Waals surface area contributed by atoms with E-state index >= 15 is 0 Å². The van der Waals surface area contributed by atoms with E-state index in [0.29, 0.717) is 12.2 Å². The molecule has 0 saturated heterocycles. The molecule has 0 spiro atoms. The second-order valence-electron chi connectivity index (χ2n) is 5.00. The lowest BCUT2D eigenvalue weighted by molar-refractivity contribution is 0.274. The monoisotopic (exact) mass is 302 g/mol. The minimum Gasteiger partial charge on any atom is -0.494 e. The Hall–Kier alpha value is -2.11. The van der Waals surface area contributed by atoms with E-state index < -0.39 is 0 Å². The first-order valence-corrected chi connectivity index (χ1v) is 7.48. The van der Waals surface area contributed by atoms with Gasteiger partial charge in [0.15, 0.2) is 0 Å². The highest BCUT2D eigenvalue weighted by Gasteiger charge is 2.10. The molecule has 0 saturated carbocycles. The number of nitrogens with two attached hydrogens (primary N) is 1. The molecule has 5 nitrogen and oxygen atoms in total. The first-order chi connectivity index (χ1) is 10.7. The Morgan fingerprint density at radius 3 is 2.77 bits per heavy atom. The minimum absolute atomic E-state index is 0.104. The van der Waals surface area contributed by atoms with Gasteiger partial charge in [-0.05, 0) is 24.6 Å². The fourth-order valence-corrected chi connectivity index (χ4v) is 2.32. The van der Waals surface area contributed by atoms with Crippen LogP contribution in [-0.4, -0.2) is 22.9 Å². The molecule has 1 aromatic heterocycles. The molecular weight excluding hydrogens is 280 g/mol. The molecule has 1 aromatic carbocycles. The average Bonchev–Trinajstić information content (AvgIpc) is 2.55. The van der Waals surface area contributed by atoms with Crippen molar-refractivity contribution in [2.24, 2.45) is 5.73 Å². The summed E-state index contributed by atoms with van der Waals surface area (Å²) in [4.78, 5) is 12.4. The Kier molecular flexibility index (Phi) is 5.75. The number of rotatable bonds is 7. The predicted molar refractivity (Wildman–Crippen MR) is 86.9 cm³/mol. The van der Waals surface area contributed by atoms with E-state index in [1.54, 1.807) is 10.6 Å². The summed E-state index contributed by atoms with van der Waals surface area (Å²) in [5, 5.41) is 9.23. The van der Waals surface area contributed by atoms with Crippen LogP contribution in [0, 0.1) is 0 Å². The van der Waals surface area contributed by atoms with Crippen molar-refractivity contribution in [3.8, 4) is 17.0 Å². The van der Waals surface area contributed by atoms with Crippen LogP contribution in [-0.2, 0) is 13.1 Å². The Morgan fingerprint density at radius 1 is 1.27 bits per heavy atom. The van der Waals surface area contributed by atoms with Crippen molar-refractivity contribution in [3.63, 3.8) is 0 Å². The molecule has 2 aromatic rings. The van der Waals surface area contributed by atoms with Gasteiger partial charge in [-0.1, -0.05) is 25.1 Å². The summed E-state index contributed by atoms with van der Waals surface area (Å²) in [5.41, 5.74) is 7.59. The van der Waals surface area contributed by atoms with E-state index in [1.807, 2.05) is 37.3 Å². The van der Waals surface area contributed by atoms with Gasteiger partial charge in [0.1, 0.15) is 5.75 Å². The van der Waals surface area contributed by atoms with Crippen molar-refractivity contribution < 1.29 is 9.84 Å². The summed E-state index contributed by atoms with van der Waals surface area (Å²) in [7, 11) is 0. The van der Waals surface area contributed by atoms with Crippen LogP contribution in [0.4, 0.5) is 0 Å². The van der Waals surface area contributed by atoms with Crippen molar-refractivity contribution in [2.75, 3.05) is 13.2 Å². The van der Waals surface area contributed by atoms with Crippen LogP contribution in [0.1, 0.15) is 18.9 Å². The zero-order valence-corrected chi connectivity index (χ0v) is 12.8. The highest BCUT2D eigenvalue weighted by atomic mass is 16.5. The number of aliphatic hydroxyl groups is 1. The molecule has 3 N–H and O–H groups in total. The predicted octanol–water partition coefficient (Wildman–Crippen LogP) is 1.76. The maximum absolute atomic E-state index is 12.4. The molecule has 0 unspecified atom stereocenters. The second-order valence-corrected chi connectivity index (χ2v) is 5.00. The lowest BCUT2D eigenvalue weighted by Crippen LogP contribution is -2.27. The van der Waals surface area contributed by atoms with Gasteiger partial charge in [-0.15, -0.1) is 0 Å². The SMILES string of the molecule is CCCOc1cccc(-c2ccc(CN)c(=O)n2CCO)c1. The molecule has 0 bridgehead atoms. The highest BCUT2D eigenvalue weighted by molar-refractivity contribution is 5.62. The van der Waals surface area contributed by atoms with E-state index in [2.05, 4.69) is 0 Å². The molecule has 5 heteroatoms. The minimum atomic E-state index is -0.158. The smallest absolute Gasteiger partial charge is 0.255 e. The molecule has 0 amide bonds. The van der Waals surface area contributed by atoms with Crippen LogP contribution >= 0.6 is 0 Å². The quantitative estimate of drug-likeness (QED) is 0.817. The van der Waals surface area contributed by atoms with Crippen LogP contribution in [0.25, 0.3) is 11.3 Å². The first kappa shape index (κ1) is 16.3. The van der Waals surface area contributed by atoms with Crippen LogP contribution in [0.15, 0.2) is 41.2 Å². The van der Waals surface area contributed by atoms with E-state index in [1.165, 1.54) is 0 Å².